The average Bonchev–Trinajstić information content (AvgIpc) is 1.84. The van der Waals surface area contributed by atoms with Crippen molar-refractivity contribution >= 4 is 21.6 Å². The first-order valence-corrected chi connectivity index (χ1v) is 5.86. The van der Waals surface area contributed by atoms with Crippen LogP contribution >= 0.6 is 11.6 Å². The molecule has 1 unspecified atom stereocenters. The van der Waals surface area contributed by atoms with Gasteiger partial charge in [-0.1, -0.05) is 0 Å². The molecule has 0 radical (unpaired) electrons. The van der Waals surface area contributed by atoms with Crippen LogP contribution < -0.4 is 4.72 Å². The number of nitrogens with one attached hydrogen (secondary N) is 1. The summed E-state index contributed by atoms with van der Waals surface area (Å²) >= 11 is 5.75. The highest BCUT2D eigenvalue weighted by atomic mass is 35.5. The number of halogens is 1. The molecule has 74 valence electrons. The molecular weight excluding hydrogens is 202 g/mol. The fraction of sp³-hybridized carbons (Fsp3) is 1.00. The number of hydrogen-bond acceptors (Lipinski definition) is 3. The van der Waals surface area contributed by atoms with E-state index in [1.54, 1.807) is 7.11 Å². The highest BCUT2D eigenvalue weighted by Crippen LogP contribution is 2.00. The van der Waals surface area contributed by atoms with E-state index < -0.39 is 10.0 Å². The zero-order chi connectivity index (χ0) is 9.61. The molecule has 6 heteroatoms. The lowest BCUT2D eigenvalue weighted by Crippen LogP contribution is -2.25. The molecule has 0 heterocycles. The van der Waals surface area contributed by atoms with Gasteiger partial charge in [0.15, 0.2) is 0 Å². The normalized spacial score (nSPS) is 14.6. The van der Waals surface area contributed by atoms with Crippen molar-refractivity contribution in [2.45, 2.75) is 11.8 Å². The Morgan fingerprint density at radius 3 is 2.58 bits per heavy atom. The van der Waals surface area contributed by atoms with Crippen LogP contribution in [0.1, 0.15) is 6.42 Å². The van der Waals surface area contributed by atoms with Crippen LogP contribution in [0, 0.1) is 0 Å². The van der Waals surface area contributed by atoms with Crippen LogP contribution in [0.5, 0.6) is 0 Å². The van der Waals surface area contributed by atoms with Crippen molar-refractivity contribution in [1.82, 2.24) is 4.72 Å². The van der Waals surface area contributed by atoms with E-state index in [2.05, 4.69) is 4.72 Å². The molecule has 1 N–H and O–H groups in total. The van der Waals surface area contributed by atoms with Crippen molar-refractivity contribution in [1.29, 1.82) is 0 Å². The maximum Gasteiger partial charge on any atom is 0.208 e. The predicted molar refractivity (Wildman–Crippen MR) is 49.0 cm³/mol. The van der Waals surface area contributed by atoms with E-state index in [0.717, 1.165) is 6.26 Å². The van der Waals surface area contributed by atoms with Crippen molar-refractivity contribution in [3.63, 3.8) is 0 Å². The first-order chi connectivity index (χ1) is 5.45. The second kappa shape index (κ2) is 5.75. The van der Waals surface area contributed by atoms with Crippen molar-refractivity contribution in [2.24, 2.45) is 0 Å². The Bertz CT molecular complexity index is 205. The summed E-state index contributed by atoms with van der Waals surface area (Å²) in [6, 6.07) is 0. The van der Waals surface area contributed by atoms with E-state index in [-0.39, 0.29) is 5.38 Å². The molecule has 0 fully saturated rings. The predicted octanol–water partition coefficient (Wildman–Crippen LogP) is 0.180. The minimum Gasteiger partial charge on any atom is -0.383 e. The summed E-state index contributed by atoms with van der Waals surface area (Å²) < 4.78 is 28.3. The largest absolute Gasteiger partial charge is 0.383 e. The second-order valence-corrected chi connectivity index (χ2v) is 4.96. The third-order valence-corrected chi connectivity index (χ3v) is 2.24. The Labute approximate surface area is 78.3 Å². The van der Waals surface area contributed by atoms with Gasteiger partial charge in [0.2, 0.25) is 10.0 Å². The zero-order valence-corrected chi connectivity index (χ0v) is 8.78. The molecule has 0 aliphatic carbocycles. The summed E-state index contributed by atoms with van der Waals surface area (Å²) in [5.74, 6) is 0. The number of hydrogen-bond donors (Lipinski definition) is 1. The van der Waals surface area contributed by atoms with Crippen LogP contribution in [0.25, 0.3) is 0 Å². The molecule has 0 aliphatic heterocycles. The Morgan fingerprint density at radius 2 is 2.17 bits per heavy atom. The number of methoxy groups -OCH3 is 1. The van der Waals surface area contributed by atoms with Gasteiger partial charge in [-0.05, 0) is 6.42 Å². The van der Waals surface area contributed by atoms with Gasteiger partial charge in [0.1, 0.15) is 0 Å². The average molecular weight is 216 g/mol. The number of sulfonamides is 1. The molecule has 0 aromatic carbocycles. The third-order valence-electron chi connectivity index (χ3n) is 1.17. The summed E-state index contributed by atoms with van der Waals surface area (Å²) in [6.07, 6.45) is 1.69. The molecule has 0 aromatic rings. The summed E-state index contributed by atoms with van der Waals surface area (Å²) in [5.41, 5.74) is 0. The minimum atomic E-state index is -3.08. The first kappa shape index (κ1) is 12.2. The fourth-order valence-corrected chi connectivity index (χ4v) is 1.39. The van der Waals surface area contributed by atoms with E-state index >= 15 is 0 Å². The molecule has 0 aliphatic rings. The Balaban J connectivity index is 3.44. The lowest BCUT2D eigenvalue weighted by Gasteiger charge is -2.07. The lowest BCUT2D eigenvalue weighted by molar-refractivity contribution is 0.196. The van der Waals surface area contributed by atoms with Crippen molar-refractivity contribution < 1.29 is 13.2 Å². The molecule has 0 saturated carbocycles. The maximum atomic E-state index is 10.6. The summed E-state index contributed by atoms with van der Waals surface area (Å²) in [4.78, 5) is 0. The van der Waals surface area contributed by atoms with Crippen LogP contribution in [-0.2, 0) is 14.8 Å². The highest BCUT2D eigenvalue weighted by Gasteiger charge is 2.05. The zero-order valence-electron chi connectivity index (χ0n) is 7.21. The lowest BCUT2D eigenvalue weighted by atomic mass is 10.3. The minimum absolute atomic E-state index is 0.135. The summed E-state index contributed by atoms with van der Waals surface area (Å²) in [5, 5.41) is -0.135. The van der Waals surface area contributed by atoms with E-state index in [0.29, 0.717) is 19.6 Å². The van der Waals surface area contributed by atoms with Crippen molar-refractivity contribution in [2.75, 3.05) is 26.5 Å². The van der Waals surface area contributed by atoms with E-state index in [9.17, 15) is 8.42 Å². The Hall–Kier alpha value is 0.160. The van der Waals surface area contributed by atoms with Gasteiger partial charge in [-0.25, -0.2) is 13.1 Å². The van der Waals surface area contributed by atoms with E-state index in [1.807, 2.05) is 0 Å². The van der Waals surface area contributed by atoms with Gasteiger partial charge in [0, 0.05) is 13.7 Å². The fourth-order valence-electron chi connectivity index (χ4n) is 0.665. The quantitative estimate of drug-likeness (QED) is 0.644. The highest BCUT2D eigenvalue weighted by molar-refractivity contribution is 7.88. The van der Waals surface area contributed by atoms with E-state index in [4.69, 9.17) is 16.3 Å². The van der Waals surface area contributed by atoms with Crippen LogP contribution in [0.4, 0.5) is 0 Å². The van der Waals surface area contributed by atoms with Crippen LogP contribution in [0.15, 0.2) is 0 Å². The molecule has 0 bridgehead atoms. The standard InChI is InChI=1S/C6H14ClNO3S/c1-11-5-6(7)3-4-8-12(2,9)10/h6,8H,3-5H2,1-2H3. The molecule has 1 atom stereocenters. The van der Waals surface area contributed by atoms with Gasteiger partial charge in [0.05, 0.1) is 18.2 Å². The topological polar surface area (TPSA) is 55.4 Å². The summed E-state index contributed by atoms with van der Waals surface area (Å²) in [7, 11) is -1.53. The smallest absolute Gasteiger partial charge is 0.208 e. The van der Waals surface area contributed by atoms with Gasteiger partial charge in [-0.2, -0.15) is 0 Å². The van der Waals surface area contributed by atoms with Gasteiger partial charge >= 0.3 is 0 Å². The molecule has 0 aromatic heterocycles. The molecule has 12 heavy (non-hydrogen) atoms. The van der Waals surface area contributed by atoms with Gasteiger partial charge in [-0.3, -0.25) is 0 Å². The molecule has 0 rings (SSSR count). The van der Waals surface area contributed by atoms with Crippen molar-refractivity contribution in [3.05, 3.63) is 0 Å². The SMILES string of the molecule is COCC(Cl)CCNS(C)(=O)=O. The number of rotatable bonds is 6. The molecule has 0 spiro atoms. The number of alkyl halides is 1. The van der Waals surface area contributed by atoms with Gasteiger partial charge in [0.25, 0.3) is 0 Å². The van der Waals surface area contributed by atoms with Gasteiger partial charge < -0.3 is 4.74 Å². The monoisotopic (exact) mass is 215 g/mol. The Morgan fingerprint density at radius 1 is 1.58 bits per heavy atom. The van der Waals surface area contributed by atoms with Gasteiger partial charge in [-0.15, -0.1) is 11.6 Å². The summed E-state index contributed by atoms with van der Waals surface area (Å²) in [6.45, 7) is 0.795. The molecule has 0 amide bonds. The molecule has 4 nitrogen and oxygen atoms in total. The maximum absolute atomic E-state index is 10.6. The van der Waals surface area contributed by atoms with E-state index in [1.165, 1.54) is 0 Å². The molecular formula is C6H14ClNO3S. The second-order valence-electron chi connectivity index (χ2n) is 2.51. The van der Waals surface area contributed by atoms with Crippen LogP contribution in [0.2, 0.25) is 0 Å². The third kappa shape index (κ3) is 8.26. The molecule has 0 saturated heterocycles. The first-order valence-electron chi connectivity index (χ1n) is 3.53. The van der Waals surface area contributed by atoms with Crippen LogP contribution in [-0.4, -0.2) is 40.3 Å². The number of ether oxygens (including phenoxy) is 1. The Kier molecular flexibility index (Phi) is 5.82. The van der Waals surface area contributed by atoms with Crippen LogP contribution in [0.3, 0.4) is 0 Å². The van der Waals surface area contributed by atoms with Crippen molar-refractivity contribution in [3.8, 4) is 0 Å².